The van der Waals surface area contributed by atoms with Gasteiger partial charge in [-0.2, -0.15) is 16.6 Å². The highest BCUT2D eigenvalue weighted by atomic mass is 32.1. The van der Waals surface area contributed by atoms with Gasteiger partial charge in [0, 0.05) is 11.3 Å². The molecule has 0 bridgehead atoms. The highest BCUT2D eigenvalue weighted by molar-refractivity contribution is 7.08. The Morgan fingerprint density at radius 2 is 2.12 bits per heavy atom. The largest absolute Gasteiger partial charge is 0.398 e. The van der Waals surface area contributed by atoms with Gasteiger partial charge in [0.25, 0.3) is 0 Å². The van der Waals surface area contributed by atoms with Crippen molar-refractivity contribution in [3.63, 3.8) is 0 Å². The van der Waals surface area contributed by atoms with Crippen LogP contribution in [0.15, 0.2) is 35.0 Å². The zero-order valence-corrected chi connectivity index (χ0v) is 9.61. The number of benzene rings is 1. The number of H-pyrrole nitrogens is 1. The molecule has 5 nitrogen and oxygen atoms in total. The monoisotopic (exact) mass is 243 g/mol. The highest BCUT2D eigenvalue weighted by Gasteiger charge is 2.09. The summed E-state index contributed by atoms with van der Waals surface area (Å²) >= 11 is 1.66. The third-order valence-electron chi connectivity index (χ3n) is 2.49. The lowest BCUT2D eigenvalue weighted by molar-refractivity contribution is 0.881. The molecule has 0 saturated heterocycles. The number of aromatic amines is 1. The van der Waals surface area contributed by atoms with E-state index in [0.717, 1.165) is 11.1 Å². The molecule has 0 radical (unpaired) electrons. The Morgan fingerprint density at radius 3 is 2.82 bits per heavy atom. The van der Waals surface area contributed by atoms with Crippen LogP contribution >= 0.6 is 11.3 Å². The SMILES string of the molecule is Nc1ccc(-c2ccsc2)cc1-c1nn[nH]n1. The minimum absolute atomic E-state index is 0.513. The molecule has 3 rings (SSSR count). The number of rotatable bonds is 2. The van der Waals surface area contributed by atoms with Gasteiger partial charge >= 0.3 is 0 Å². The molecule has 0 aliphatic heterocycles. The third kappa shape index (κ3) is 1.78. The lowest BCUT2D eigenvalue weighted by Crippen LogP contribution is -1.92. The Hall–Kier alpha value is -2.21. The van der Waals surface area contributed by atoms with Crippen LogP contribution in [0.25, 0.3) is 22.5 Å². The molecule has 3 aromatic rings. The van der Waals surface area contributed by atoms with Crippen molar-refractivity contribution < 1.29 is 0 Å². The Balaban J connectivity index is 2.13. The van der Waals surface area contributed by atoms with Crippen LogP contribution in [0.1, 0.15) is 0 Å². The fraction of sp³-hybridized carbons (Fsp3) is 0. The van der Waals surface area contributed by atoms with Crippen molar-refractivity contribution in [1.29, 1.82) is 0 Å². The first kappa shape index (κ1) is 9.98. The standard InChI is InChI=1S/C11H9N5S/c12-10-2-1-7(8-3-4-17-6-8)5-9(10)11-13-15-16-14-11/h1-6H,12H2,(H,13,14,15,16). The molecule has 6 heteroatoms. The van der Waals surface area contributed by atoms with Crippen molar-refractivity contribution in [3.05, 3.63) is 35.0 Å². The van der Waals surface area contributed by atoms with E-state index in [1.807, 2.05) is 23.6 Å². The molecule has 0 spiro atoms. The normalized spacial score (nSPS) is 10.6. The van der Waals surface area contributed by atoms with Gasteiger partial charge in [0.15, 0.2) is 0 Å². The van der Waals surface area contributed by atoms with Gasteiger partial charge in [-0.1, -0.05) is 6.07 Å². The molecule has 1 aromatic carbocycles. The van der Waals surface area contributed by atoms with Gasteiger partial charge in [0.05, 0.1) is 0 Å². The minimum Gasteiger partial charge on any atom is -0.398 e. The molecule has 3 N–H and O–H groups in total. The number of nitrogen functional groups attached to an aromatic ring is 1. The molecule has 0 aliphatic rings. The molecule has 0 unspecified atom stereocenters. The Morgan fingerprint density at radius 1 is 1.18 bits per heavy atom. The average Bonchev–Trinajstić information content (AvgIpc) is 3.03. The zero-order chi connectivity index (χ0) is 11.7. The van der Waals surface area contributed by atoms with Gasteiger partial charge in [-0.3, -0.25) is 0 Å². The maximum absolute atomic E-state index is 5.91. The lowest BCUT2D eigenvalue weighted by Gasteiger charge is -2.04. The van der Waals surface area contributed by atoms with Crippen LogP contribution in [0, 0.1) is 0 Å². The fourth-order valence-electron chi connectivity index (χ4n) is 1.63. The van der Waals surface area contributed by atoms with Crippen LogP contribution in [-0.2, 0) is 0 Å². The Bertz CT molecular complexity index is 615. The van der Waals surface area contributed by atoms with Crippen molar-refractivity contribution in [3.8, 4) is 22.5 Å². The van der Waals surface area contributed by atoms with E-state index < -0.39 is 0 Å². The van der Waals surface area contributed by atoms with Crippen molar-refractivity contribution >= 4 is 17.0 Å². The van der Waals surface area contributed by atoms with E-state index in [0.29, 0.717) is 11.5 Å². The molecular formula is C11H9N5S. The second kappa shape index (κ2) is 3.99. The maximum Gasteiger partial charge on any atom is 0.206 e. The van der Waals surface area contributed by atoms with Gasteiger partial charge in [-0.05, 0) is 45.3 Å². The number of hydrogen-bond donors (Lipinski definition) is 2. The number of nitrogens with one attached hydrogen (secondary N) is 1. The smallest absolute Gasteiger partial charge is 0.206 e. The van der Waals surface area contributed by atoms with E-state index >= 15 is 0 Å². The summed E-state index contributed by atoms with van der Waals surface area (Å²) in [5.41, 5.74) is 9.62. The van der Waals surface area contributed by atoms with E-state index in [1.54, 1.807) is 11.3 Å². The number of aromatic nitrogens is 4. The molecule has 0 aliphatic carbocycles. The molecule has 0 atom stereocenters. The number of nitrogens with zero attached hydrogens (tertiary/aromatic N) is 3. The molecule has 84 valence electrons. The summed E-state index contributed by atoms with van der Waals surface area (Å²) in [4.78, 5) is 0. The second-order valence-electron chi connectivity index (χ2n) is 3.55. The summed E-state index contributed by atoms with van der Waals surface area (Å²) in [6.45, 7) is 0. The van der Waals surface area contributed by atoms with Crippen molar-refractivity contribution in [2.24, 2.45) is 0 Å². The van der Waals surface area contributed by atoms with Crippen molar-refractivity contribution in [2.75, 3.05) is 5.73 Å². The van der Waals surface area contributed by atoms with Gasteiger partial charge in [-0.25, -0.2) is 0 Å². The first-order valence-corrected chi connectivity index (χ1v) is 5.95. The molecule has 2 heterocycles. The predicted octanol–water partition coefficient (Wildman–Crippen LogP) is 2.18. The van der Waals surface area contributed by atoms with Gasteiger partial charge < -0.3 is 5.73 Å². The zero-order valence-electron chi connectivity index (χ0n) is 8.79. The lowest BCUT2D eigenvalue weighted by atomic mass is 10.0. The number of thiophene rings is 1. The summed E-state index contributed by atoms with van der Waals surface area (Å²) in [5, 5.41) is 18.0. The van der Waals surface area contributed by atoms with Gasteiger partial charge in [0.1, 0.15) is 0 Å². The summed E-state index contributed by atoms with van der Waals surface area (Å²) in [5.74, 6) is 0.513. The molecule has 0 amide bonds. The number of anilines is 1. The topological polar surface area (TPSA) is 80.5 Å². The second-order valence-corrected chi connectivity index (χ2v) is 4.33. The predicted molar refractivity (Wildman–Crippen MR) is 67.3 cm³/mol. The van der Waals surface area contributed by atoms with E-state index in [1.165, 1.54) is 5.56 Å². The number of hydrogen-bond acceptors (Lipinski definition) is 5. The van der Waals surface area contributed by atoms with Crippen molar-refractivity contribution in [1.82, 2.24) is 20.6 Å². The van der Waals surface area contributed by atoms with E-state index in [4.69, 9.17) is 5.73 Å². The average molecular weight is 243 g/mol. The molecule has 2 aromatic heterocycles. The quantitative estimate of drug-likeness (QED) is 0.676. The highest BCUT2D eigenvalue weighted by Crippen LogP contribution is 2.29. The van der Waals surface area contributed by atoms with E-state index in [2.05, 4.69) is 32.1 Å². The molecule has 0 saturated carbocycles. The van der Waals surface area contributed by atoms with E-state index in [9.17, 15) is 0 Å². The minimum atomic E-state index is 0.513. The Kier molecular flexibility index (Phi) is 2.34. The van der Waals surface area contributed by atoms with E-state index in [-0.39, 0.29) is 0 Å². The Labute approximate surface area is 101 Å². The van der Waals surface area contributed by atoms with Gasteiger partial charge in [-0.15, -0.1) is 10.2 Å². The van der Waals surface area contributed by atoms with Gasteiger partial charge in [0.2, 0.25) is 5.82 Å². The first-order chi connectivity index (χ1) is 8.34. The fourth-order valence-corrected chi connectivity index (χ4v) is 2.30. The summed E-state index contributed by atoms with van der Waals surface area (Å²) in [6.07, 6.45) is 0. The van der Waals surface area contributed by atoms with Crippen LogP contribution in [0.4, 0.5) is 5.69 Å². The van der Waals surface area contributed by atoms with Crippen LogP contribution < -0.4 is 5.73 Å². The third-order valence-corrected chi connectivity index (χ3v) is 3.18. The van der Waals surface area contributed by atoms with Crippen LogP contribution in [0.5, 0.6) is 0 Å². The van der Waals surface area contributed by atoms with Crippen LogP contribution in [-0.4, -0.2) is 20.6 Å². The summed E-state index contributed by atoms with van der Waals surface area (Å²) in [6, 6.07) is 7.89. The van der Waals surface area contributed by atoms with Crippen LogP contribution in [0.2, 0.25) is 0 Å². The number of nitrogens with two attached hydrogens (primary N) is 1. The number of tetrazole rings is 1. The van der Waals surface area contributed by atoms with Crippen LogP contribution in [0.3, 0.4) is 0 Å². The summed E-state index contributed by atoms with van der Waals surface area (Å²) in [7, 11) is 0. The molecule has 0 fully saturated rings. The summed E-state index contributed by atoms with van der Waals surface area (Å²) < 4.78 is 0. The molecular weight excluding hydrogens is 234 g/mol. The maximum atomic E-state index is 5.91. The van der Waals surface area contributed by atoms with Crippen molar-refractivity contribution in [2.45, 2.75) is 0 Å². The molecule has 17 heavy (non-hydrogen) atoms. The first-order valence-electron chi connectivity index (χ1n) is 5.00.